The highest BCUT2D eigenvalue weighted by molar-refractivity contribution is 5.77. The van der Waals surface area contributed by atoms with Crippen molar-refractivity contribution in [2.75, 3.05) is 26.7 Å². The van der Waals surface area contributed by atoms with Gasteiger partial charge in [0.15, 0.2) is 5.82 Å². The van der Waals surface area contributed by atoms with E-state index in [0.29, 0.717) is 25.5 Å². The molecule has 1 aromatic rings. The Hall–Kier alpha value is -1.47. The van der Waals surface area contributed by atoms with Gasteiger partial charge in [-0.2, -0.15) is 4.98 Å². The van der Waals surface area contributed by atoms with Crippen LogP contribution in [0.15, 0.2) is 10.9 Å². The highest BCUT2D eigenvalue weighted by Gasteiger charge is 2.16. The van der Waals surface area contributed by atoms with Crippen LogP contribution in [0.5, 0.6) is 0 Å². The standard InChI is InChI=1S/C11H18N4O3/c1-15(6-10-13-8-18-14-10)7-11(16)12-5-9-3-2-4-17-9/h8-9H,2-7H2,1H3,(H,12,16)/t9-/m1/s1. The highest BCUT2D eigenvalue weighted by atomic mass is 16.5. The van der Waals surface area contributed by atoms with Crippen LogP contribution in [0.2, 0.25) is 0 Å². The second-order valence-electron chi connectivity index (χ2n) is 4.46. The van der Waals surface area contributed by atoms with E-state index in [1.807, 2.05) is 11.9 Å². The van der Waals surface area contributed by atoms with Crippen LogP contribution in [0.25, 0.3) is 0 Å². The van der Waals surface area contributed by atoms with Crippen LogP contribution in [-0.2, 0) is 16.1 Å². The Morgan fingerprint density at radius 1 is 1.67 bits per heavy atom. The molecule has 0 aromatic carbocycles. The zero-order valence-corrected chi connectivity index (χ0v) is 10.5. The first kappa shape index (κ1) is 13.0. The van der Waals surface area contributed by atoms with Crippen molar-refractivity contribution in [3.05, 3.63) is 12.2 Å². The Balaban J connectivity index is 1.63. The summed E-state index contributed by atoms with van der Waals surface area (Å²) in [6.07, 6.45) is 3.56. The monoisotopic (exact) mass is 254 g/mol. The van der Waals surface area contributed by atoms with Gasteiger partial charge in [-0.25, -0.2) is 0 Å². The summed E-state index contributed by atoms with van der Waals surface area (Å²) in [4.78, 5) is 17.4. The van der Waals surface area contributed by atoms with E-state index in [4.69, 9.17) is 4.74 Å². The third-order valence-electron chi connectivity index (χ3n) is 2.78. The van der Waals surface area contributed by atoms with Crippen molar-refractivity contribution in [3.63, 3.8) is 0 Å². The molecule has 7 heteroatoms. The van der Waals surface area contributed by atoms with E-state index in [1.54, 1.807) is 0 Å². The number of amides is 1. The smallest absolute Gasteiger partial charge is 0.234 e. The van der Waals surface area contributed by atoms with Crippen LogP contribution in [0, 0.1) is 0 Å². The second kappa shape index (κ2) is 6.46. The third-order valence-corrected chi connectivity index (χ3v) is 2.78. The first-order valence-corrected chi connectivity index (χ1v) is 6.06. The summed E-state index contributed by atoms with van der Waals surface area (Å²) < 4.78 is 10.1. The van der Waals surface area contributed by atoms with Gasteiger partial charge >= 0.3 is 0 Å². The maximum Gasteiger partial charge on any atom is 0.234 e. The van der Waals surface area contributed by atoms with E-state index in [-0.39, 0.29) is 12.0 Å². The van der Waals surface area contributed by atoms with E-state index in [0.717, 1.165) is 19.4 Å². The van der Waals surface area contributed by atoms with Gasteiger partial charge in [0.25, 0.3) is 0 Å². The molecule has 1 amide bonds. The summed E-state index contributed by atoms with van der Waals surface area (Å²) in [5.41, 5.74) is 0. The van der Waals surface area contributed by atoms with Gasteiger partial charge in [-0.15, -0.1) is 0 Å². The Kier molecular flexibility index (Phi) is 4.66. The Labute approximate surface area is 105 Å². The van der Waals surface area contributed by atoms with Crippen LogP contribution in [-0.4, -0.2) is 53.8 Å². The molecule has 0 saturated carbocycles. The van der Waals surface area contributed by atoms with Crippen molar-refractivity contribution < 1.29 is 14.1 Å². The molecule has 0 radical (unpaired) electrons. The normalized spacial score (nSPS) is 19.3. The number of carbonyl (C=O) groups is 1. The summed E-state index contributed by atoms with van der Waals surface area (Å²) >= 11 is 0. The van der Waals surface area contributed by atoms with Crippen molar-refractivity contribution in [2.24, 2.45) is 0 Å². The third kappa shape index (κ3) is 4.08. The predicted molar refractivity (Wildman–Crippen MR) is 62.6 cm³/mol. The van der Waals surface area contributed by atoms with Crippen molar-refractivity contribution >= 4 is 5.91 Å². The Morgan fingerprint density at radius 3 is 3.22 bits per heavy atom. The fourth-order valence-corrected chi connectivity index (χ4v) is 1.89. The summed E-state index contributed by atoms with van der Waals surface area (Å²) in [5.74, 6) is 0.556. The lowest BCUT2D eigenvalue weighted by Crippen LogP contribution is -2.38. The molecule has 7 nitrogen and oxygen atoms in total. The summed E-state index contributed by atoms with van der Waals surface area (Å²) in [7, 11) is 1.84. The molecule has 1 atom stereocenters. The average molecular weight is 254 g/mol. The fraction of sp³-hybridized carbons (Fsp3) is 0.727. The van der Waals surface area contributed by atoms with E-state index < -0.39 is 0 Å². The van der Waals surface area contributed by atoms with Crippen molar-refractivity contribution in [3.8, 4) is 0 Å². The molecule has 1 aromatic heterocycles. The molecule has 1 N–H and O–H groups in total. The minimum Gasteiger partial charge on any atom is -0.376 e. The first-order valence-electron chi connectivity index (χ1n) is 6.06. The lowest BCUT2D eigenvalue weighted by Gasteiger charge is -2.15. The molecular weight excluding hydrogens is 236 g/mol. The minimum atomic E-state index is -0.0171. The van der Waals surface area contributed by atoms with Gasteiger partial charge in [0, 0.05) is 13.2 Å². The van der Waals surface area contributed by atoms with E-state index in [2.05, 4.69) is 20.0 Å². The predicted octanol–water partition coefficient (Wildman–Crippen LogP) is -0.203. The summed E-state index contributed by atoms with van der Waals surface area (Å²) in [6.45, 7) is 2.19. The van der Waals surface area contributed by atoms with Crippen LogP contribution < -0.4 is 5.32 Å². The highest BCUT2D eigenvalue weighted by Crippen LogP contribution is 2.10. The van der Waals surface area contributed by atoms with Crippen LogP contribution in [0.4, 0.5) is 0 Å². The fourth-order valence-electron chi connectivity index (χ4n) is 1.89. The molecule has 0 bridgehead atoms. The molecule has 100 valence electrons. The lowest BCUT2D eigenvalue weighted by molar-refractivity contribution is -0.122. The van der Waals surface area contributed by atoms with Crippen molar-refractivity contribution in [1.82, 2.24) is 20.4 Å². The topological polar surface area (TPSA) is 80.5 Å². The van der Waals surface area contributed by atoms with E-state index in [1.165, 1.54) is 6.39 Å². The number of hydrogen-bond acceptors (Lipinski definition) is 6. The molecule has 2 rings (SSSR count). The van der Waals surface area contributed by atoms with Gasteiger partial charge in [-0.1, -0.05) is 5.16 Å². The summed E-state index contributed by atoms with van der Waals surface area (Å²) in [6, 6.07) is 0. The van der Waals surface area contributed by atoms with Gasteiger partial charge in [0.05, 0.1) is 19.2 Å². The van der Waals surface area contributed by atoms with Crippen LogP contribution >= 0.6 is 0 Å². The molecule has 1 aliphatic rings. The molecule has 0 unspecified atom stereocenters. The number of aromatic nitrogens is 2. The van der Waals surface area contributed by atoms with Gasteiger partial charge < -0.3 is 14.6 Å². The zero-order chi connectivity index (χ0) is 12.8. The lowest BCUT2D eigenvalue weighted by atomic mass is 10.2. The van der Waals surface area contributed by atoms with E-state index in [9.17, 15) is 4.79 Å². The second-order valence-corrected chi connectivity index (χ2v) is 4.46. The molecule has 1 fully saturated rings. The first-order chi connectivity index (χ1) is 8.74. The van der Waals surface area contributed by atoms with Crippen molar-refractivity contribution in [1.29, 1.82) is 0 Å². The van der Waals surface area contributed by atoms with Crippen LogP contribution in [0.3, 0.4) is 0 Å². The molecule has 18 heavy (non-hydrogen) atoms. The number of likely N-dealkylation sites (N-methyl/N-ethyl adjacent to an activating group) is 1. The van der Waals surface area contributed by atoms with Gasteiger partial charge in [-0.3, -0.25) is 9.69 Å². The molecule has 0 spiro atoms. The number of ether oxygens (including phenoxy) is 1. The molecule has 1 saturated heterocycles. The summed E-state index contributed by atoms with van der Waals surface area (Å²) in [5, 5.41) is 6.56. The average Bonchev–Trinajstić information content (AvgIpc) is 2.98. The Bertz CT molecular complexity index is 362. The zero-order valence-electron chi connectivity index (χ0n) is 10.5. The molecule has 1 aliphatic heterocycles. The maximum absolute atomic E-state index is 11.7. The number of hydrogen-bond donors (Lipinski definition) is 1. The molecular formula is C11H18N4O3. The van der Waals surface area contributed by atoms with Gasteiger partial charge in [0.1, 0.15) is 0 Å². The number of carbonyl (C=O) groups excluding carboxylic acids is 1. The number of nitrogens with one attached hydrogen (secondary N) is 1. The SMILES string of the molecule is CN(CC(=O)NC[C@H]1CCCO1)Cc1ncon1. The van der Waals surface area contributed by atoms with Crippen LogP contribution in [0.1, 0.15) is 18.7 Å². The minimum absolute atomic E-state index is 0.0171. The quantitative estimate of drug-likeness (QED) is 0.757. The molecule has 0 aliphatic carbocycles. The van der Waals surface area contributed by atoms with Gasteiger partial charge in [0.2, 0.25) is 12.3 Å². The van der Waals surface area contributed by atoms with Gasteiger partial charge in [-0.05, 0) is 19.9 Å². The maximum atomic E-state index is 11.7. The van der Waals surface area contributed by atoms with E-state index >= 15 is 0 Å². The number of nitrogens with zero attached hydrogens (tertiary/aromatic N) is 3. The Morgan fingerprint density at radius 2 is 2.56 bits per heavy atom. The largest absolute Gasteiger partial charge is 0.376 e. The molecule has 2 heterocycles. The van der Waals surface area contributed by atoms with Crippen molar-refractivity contribution in [2.45, 2.75) is 25.5 Å². The number of rotatable bonds is 6.